The van der Waals surface area contributed by atoms with Crippen molar-refractivity contribution in [3.8, 4) is 0 Å². The fraction of sp³-hybridized carbons (Fsp3) is 0.632. The van der Waals surface area contributed by atoms with Gasteiger partial charge >= 0.3 is 0 Å². The molecule has 116 valence electrons. The lowest BCUT2D eigenvalue weighted by atomic mass is 10.1. The number of rotatable bonds is 10. The summed E-state index contributed by atoms with van der Waals surface area (Å²) in [5.74, 6) is 1.21. The quantitative estimate of drug-likeness (QED) is 0.621. The van der Waals surface area contributed by atoms with Crippen LogP contribution >= 0.6 is 0 Å². The fourth-order valence-corrected chi connectivity index (χ4v) is 2.99. The van der Waals surface area contributed by atoms with Gasteiger partial charge in [0.15, 0.2) is 0 Å². The van der Waals surface area contributed by atoms with E-state index in [4.69, 9.17) is 0 Å². The summed E-state index contributed by atoms with van der Waals surface area (Å²) in [7, 11) is 0. The summed E-state index contributed by atoms with van der Waals surface area (Å²) < 4.78 is 0. The lowest BCUT2D eigenvalue weighted by Gasteiger charge is -2.05. The predicted molar refractivity (Wildman–Crippen MR) is 87.9 cm³/mol. The van der Waals surface area contributed by atoms with Crippen molar-refractivity contribution < 1.29 is 4.79 Å². The van der Waals surface area contributed by atoms with Crippen molar-refractivity contribution >= 4 is 5.91 Å². The molecule has 0 bridgehead atoms. The Morgan fingerprint density at radius 3 is 2.57 bits per heavy atom. The highest BCUT2D eigenvalue weighted by molar-refractivity contribution is 5.81. The SMILES string of the molecule is CCCCCCCC[C@@H]1C[C@H]1C(=O)NCc1ccccc1. The van der Waals surface area contributed by atoms with Crippen LogP contribution in [-0.2, 0) is 11.3 Å². The first-order valence-corrected chi connectivity index (χ1v) is 8.63. The summed E-state index contributed by atoms with van der Waals surface area (Å²) in [5.41, 5.74) is 1.18. The van der Waals surface area contributed by atoms with Gasteiger partial charge in [0.25, 0.3) is 0 Å². The third kappa shape index (κ3) is 5.91. The minimum absolute atomic E-state index is 0.259. The van der Waals surface area contributed by atoms with Gasteiger partial charge in [-0.05, 0) is 24.3 Å². The Kier molecular flexibility index (Phi) is 6.78. The van der Waals surface area contributed by atoms with Crippen molar-refractivity contribution in [1.82, 2.24) is 5.32 Å². The first kappa shape index (κ1) is 16.1. The molecular formula is C19H29NO. The number of unbranched alkanes of at least 4 members (excludes halogenated alkanes) is 5. The maximum Gasteiger partial charge on any atom is 0.223 e. The number of carbonyl (C=O) groups is 1. The zero-order valence-electron chi connectivity index (χ0n) is 13.3. The number of amides is 1. The fourth-order valence-electron chi connectivity index (χ4n) is 2.99. The Labute approximate surface area is 129 Å². The van der Waals surface area contributed by atoms with E-state index >= 15 is 0 Å². The lowest BCUT2D eigenvalue weighted by molar-refractivity contribution is -0.122. The molecule has 2 heteroatoms. The van der Waals surface area contributed by atoms with Crippen LogP contribution in [0.5, 0.6) is 0 Å². The van der Waals surface area contributed by atoms with Gasteiger partial charge in [-0.25, -0.2) is 0 Å². The maximum atomic E-state index is 12.1. The molecule has 0 saturated heterocycles. The van der Waals surface area contributed by atoms with Gasteiger partial charge in [0.05, 0.1) is 0 Å². The second-order valence-electron chi connectivity index (χ2n) is 6.36. The van der Waals surface area contributed by atoms with Gasteiger partial charge in [0, 0.05) is 12.5 Å². The van der Waals surface area contributed by atoms with E-state index in [-0.39, 0.29) is 5.91 Å². The average molecular weight is 287 g/mol. The van der Waals surface area contributed by atoms with Gasteiger partial charge in [-0.1, -0.05) is 75.8 Å². The second-order valence-corrected chi connectivity index (χ2v) is 6.36. The van der Waals surface area contributed by atoms with Crippen molar-refractivity contribution in [2.75, 3.05) is 0 Å². The highest BCUT2D eigenvalue weighted by Crippen LogP contribution is 2.42. The number of benzene rings is 1. The van der Waals surface area contributed by atoms with Gasteiger partial charge in [0.2, 0.25) is 5.91 Å². The minimum Gasteiger partial charge on any atom is -0.352 e. The van der Waals surface area contributed by atoms with Gasteiger partial charge in [0.1, 0.15) is 0 Å². The molecule has 2 atom stereocenters. The van der Waals surface area contributed by atoms with Crippen LogP contribution in [0, 0.1) is 11.8 Å². The molecule has 1 aliphatic rings. The maximum absolute atomic E-state index is 12.1. The van der Waals surface area contributed by atoms with Crippen molar-refractivity contribution in [3.05, 3.63) is 35.9 Å². The van der Waals surface area contributed by atoms with E-state index in [0.717, 1.165) is 6.42 Å². The molecule has 0 spiro atoms. The summed E-state index contributed by atoms with van der Waals surface area (Å²) in [6, 6.07) is 10.1. The van der Waals surface area contributed by atoms with E-state index in [2.05, 4.69) is 24.4 Å². The zero-order valence-corrected chi connectivity index (χ0v) is 13.3. The molecule has 0 heterocycles. The van der Waals surface area contributed by atoms with Crippen LogP contribution in [0.1, 0.15) is 63.9 Å². The topological polar surface area (TPSA) is 29.1 Å². The van der Waals surface area contributed by atoms with Crippen LogP contribution in [0.25, 0.3) is 0 Å². The van der Waals surface area contributed by atoms with Gasteiger partial charge in [-0.15, -0.1) is 0 Å². The van der Waals surface area contributed by atoms with Gasteiger partial charge in [-0.2, -0.15) is 0 Å². The average Bonchev–Trinajstić information content (AvgIpc) is 3.29. The van der Waals surface area contributed by atoms with E-state index in [1.54, 1.807) is 0 Å². The van der Waals surface area contributed by atoms with Crippen LogP contribution < -0.4 is 5.32 Å². The summed E-state index contributed by atoms with van der Waals surface area (Å²) in [5, 5.41) is 3.07. The monoisotopic (exact) mass is 287 g/mol. The van der Waals surface area contributed by atoms with Crippen LogP contribution in [0.2, 0.25) is 0 Å². The summed E-state index contributed by atoms with van der Waals surface area (Å²) in [4.78, 5) is 12.1. The molecule has 0 unspecified atom stereocenters. The zero-order chi connectivity index (χ0) is 14.9. The van der Waals surface area contributed by atoms with Gasteiger partial charge in [-0.3, -0.25) is 4.79 Å². The normalized spacial score (nSPS) is 20.2. The molecule has 0 aliphatic heterocycles. The molecule has 1 amide bonds. The third-order valence-corrected chi connectivity index (χ3v) is 4.50. The highest BCUT2D eigenvalue weighted by atomic mass is 16.2. The summed E-state index contributed by atoms with van der Waals surface area (Å²) >= 11 is 0. The molecule has 2 rings (SSSR count). The van der Waals surface area contributed by atoms with E-state index in [1.807, 2.05) is 18.2 Å². The Morgan fingerprint density at radius 1 is 1.10 bits per heavy atom. The van der Waals surface area contributed by atoms with Crippen LogP contribution in [0.15, 0.2) is 30.3 Å². The Balaban J connectivity index is 1.53. The van der Waals surface area contributed by atoms with Crippen molar-refractivity contribution in [3.63, 3.8) is 0 Å². The Morgan fingerprint density at radius 2 is 1.81 bits per heavy atom. The van der Waals surface area contributed by atoms with Crippen molar-refractivity contribution in [1.29, 1.82) is 0 Å². The molecule has 0 aromatic heterocycles. The molecule has 1 saturated carbocycles. The standard InChI is InChI=1S/C19H29NO/c1-2-3-4-5-6-10-13-17-14-18(17)19(21)20-15-16-11-8-7-9-12-16/h7-9,11-12,17-18H,2-6,10,13-15H2,1H3,(H,20,21)/t17-,18-/m1/s1. The molecule has 1 aliphatic carbocycles. The third-order valence-electron chi connectivity index (χ3n) is 4.50. The Hall–Kier alpha value is -1.31. The van der Waals surface area contributed by atoms with E-state index in [9.17, 15) is 4.79 Å². The molecule has 1 aromatic carbocycles. The largest absolute Gasteiger partial charge is 0.352 e. The second kappa shape index (κ2) is 8.86. The molecule has 1 fully saturated rings. The molecule has 0 radical (unpaired) electrons. The number of hydrogen-bond donors (Lipinski definition) is 1. The smallest absolute Gasteiger partial charge is 0.223 e. The summed E-state index contributed by atoms with van der Waals surface area (Å²) in [6.45, 7) is 2.92. The van der Waals surface area contributed by atoms with Gasteiger partial charge < -0.3 is 5.32 Å². The molecule has 2 nitrogen and oxygen atoms in total. The molecular weight excluding hydrogens is 258 g/mol. The van der Waals surface area contributed by atoms with Crippen molar-refractivity contribution in [2.24, 2.45) is 11.8 Å². The molecule has 21 heavy (non-hydrogen) atoms. The predicted octanol–water partition coefficient (Wildman–Crippen LogP) is 4.69. The number of carbonyl (C=O) groups excluding carboxylic acids is 1. The summed E-state index contributed by atoms with van der Waals surface area (Å²) in [6.07, 6.45) is 10.4. The van der Waals surface area contributed by atoms with Crippen molar-refractivity contribution in [2.45, 2.75) is 64.8 Å². The van der Waals surface area contributed by atoms with E-state index in [0.29, 0.717) is 18.4 Å². The first-order chi connectivity index (χ1) is 10.3. The lowest BCUT2D eigenvalue weighted by Crippen LogP contribution is -2.24. The van der Waals surface area contributed by atoms with Crippen LogP contribution in [0.4, 0.5) is 0 Å². The van der Waals surface area contributed by atoms with Crippen LogP contribution in [0.3, 0.4) is 0 Å². The first-order valence-electron chi connectivity index (χ1n) is 8.63. The number of nitrogens with one attached hydrogen (secondary N) is 1. The minimum atomic E-state index is 0.259. The highest BCUT2D eigenvalue weighted by Gasteiger charge is 2.41. The Bertz CT molecular complexity index is 415. The van der Waals surface area contributed by atoms with Crippen LogP contribution in [-0.4, -0.2) is 5.91 Å². The molecule has 1 aromatic rings. The van der Waals surface area contributed by atoms with E-state index < -0.39 is 0 Å². The number of hydrogen-bond acceptors (Lipinski definition) is 1. The molecule has 1 N–H and O–H groups in total. The van der Waals surface area contributed by atoms with E-state index in [1.165, 1.54) is 50.5 Å².